The Morgan fingerprint density at radius 1 is 1.08 bits per heavy atom. The molecule has 0 aliphatic rings. The number of ether oxygens (including phenoxy) is 2. The van der Waals surface area contributed by atoms with E-state index in [1.165, 1.54) is 0 Å². The summed E-state index contributed by atoms with van der Waals surface area (Å²) in [5.41, 5.74) is 3.86. The van der Waals surface area contributed by atoms with Crippen molar-refractivity contribution >= 4 is 29.0 Å². The molecule has 0 saturated carbocycles. The summed E-state index contributed by atoms with van der Waals surface area (Å²) < 4.78 is 10.4. The van der Waals surface area contributed by atoms with Gasteiger partial charge in [0.15, 0.2) is 0 Å². The molecule has 3 aromatic rings. The van der Waals surface area contributed by atoms with E-state index in [1.54, 1.807) is 14.0 Å². The summed E-state index contributed by atoms with van der Waals surface area (Å²) in [6.07, 6.45) is 3.93. The van der Waals surface area contributed by atoms with Crippen LogP contribution in [-0.2, 0) is 4.74 Å². The van der Waals surface area contributed by atoms with Crippen LogP contribution in [0.3, 0.4) is 0 Å². The van der Waals surface area contributed by atoms with Gasteiger partial charge >= 0.3 is 5.97 Å². The second-order valence-corrected chi connectivity index (χ2v) is 5.83. The first-order chi connectivity index (χ1) is 12.6. The Balaban J connectivity index is 2.13. The molecule has 132 valence electrons. The van der Waals surface area contributed by atoms with Gasteiger partial charge in [-0.05, 0) is 37.6 Å². The lowest BCUT2D eigenvalue weighted by Crippen LogP contribution is -2.10. The zero-order chi connectivity index (χ0) is 18.5. The third-order valence-electron chi connectivity index (χ3n) is 4.15. The van der Waals surface area contributed by atoms with Gasteiger partial charge in [-0.25, -0.2) is 4.79 Å². The maximum absolute atomic E-state index is 12.5. The summed E-state index contributed by atoms with van der Waals surface area (Å²) in [6, 6.07) is 15.5. The molecule has 0 saturated heterocycles. The van der Waals surface area contributed by atoms with E-state index in [0.29, 0.717) is 17.9 Å². The van der Waals surface area contributed by atoms with Crippen molar-refractivity contribution in [3.05, 3.63) is 70.9 Å². The summed E-state index contributed by atoms with van der Waals surface area (Å²) in [6.45, 7) is 3.96. The summed E-state index contributed by atoms with van der Waals surface area (Å²) in [4.78, 5) is 17.1. The topological polar surface area (TPSA) is 48.4 Å². The molecule has 26 heavy (non-hydrogen) atoms. The second-order valence-electron chi connectivity index (χ2n) is 5.83. The molecule has 0 aliphatic carbocycles. The minimum atomic E-state index is -0.349. The van der Waals surface area contributed by atoms with Gasteiger partial charge in [0.05, 0.1) is 30.5 Å². The summed E-state index contributed by atoms with van der Waals surface area (Å²) in [5.74, 6) is 0.456. The number of methoxy groups -OCH3 is 1. The summed E-state index contributed by atoms with van der Waals surface area (Å²) in [7, 11) is 1.64. The highest BCUT2D eigenvalue weighted by atomic mass is 16.5. The van der Waals surface area contributed by atoms with Crippen LogP contribution in [0.25, 0.3) is 23.1 Å². The number of aryl methyl sites for hydroxylation is 1. The van der Waals surface area contributed by atoms with Crippen LogP contribution in [0.5, 0.6) is 5.75 Å². The van der Waals surface area contributed by atoms with Gasteiger partial charge < -0.3 is 9.47 Å². The van der Waals surface area contributed by atoms with Gasteiger partial charge in [-0.2, -0.15) is 0 Å². The second kappa shape index (κ2) is 7.83. The molecule has 0 N–H and O–H groups in total. The van der Waals surface area contributed by atoms with Crippen LogP contribution < -0.4 is 4.74 Å². The number of carbonyl (C=O) groups is 1. The average molecular weight is 347 g/mol. The van der Waals surface area contributed by atoms with Gasteiger partial charge in [0.1, 0.15) is 5.75 Å². The summed E-state index contributed by atoms with van der Waals surface area (Å²) in [5, 5.41) is 0.922. The maximum atomic E-state index is 12.5. The van der Waals surface area contributed by atoms with Crippen molar-refractivity contribution in [2.75, 3.05) is 13.7 Å². The minimum absolute atomic E-state index is 0.326. The lowest BCUT2D eigenvalue weighted by molar-refractivity contribution is 0.0525. The molecular weight excluding hydrogens is 326 g/mol. The zero-order valence-corrected chi connectivity index (χ0v) is 15.2. The largest absolute Gasteiger partial charge is 0.497 e. The van der Waals surface area contributed by atoms with Crippen molar-refractivity contribution in [3.8, 4) is 5.75 Å². The Morgan fingerprint density at radius 3 is 2.50 bits per heavy atom. The van der Waals surface area contributed by atoms with E-state index in [4.69, 9.17) is 9.47 Å². The number of carbonyl (C=O) groups excluding carboxylic acids is 1. The monoisotopic (exact) mass is 347 g/mol. The fourth-order valence-electron chi connectivity index (χ4n) is 2.89. The lowest BCUT2D eigenvalue weighted by atomic mass is 9.99. The number of nitrogens with zero attached hydrogens (tertiary/aromatic N) is 1. The highest BCUT2D eigenvalue weighted by Gasteiger charge is 2.18. The molecule has 0 amide bonds. The third-order valence-corrected chi connectivity index (χ3v) is 4.15. The fraction of sp³-hybridized carbons (Fsp3) is 0.182. The molecule has 0 spiro atoms. The van der Waals surface area contributed by atoms with E-state index in [2.05, 4.69) is 4.98 Å². The standard InChI is InChI=1S/C22H21NO3/c1-4-26-22(24)21-15(2)23-20-8-6-5-7-18(20)19(21)14-11-16-9-12-17(25-3)13-10-16/h5-14H,4H2,1-3H3/b14-11+. The highest BCUT2D eigenvalue weighted by molar-refractivity contribution is 6.03. The predicted octanol–water partition coefficient (Wildman–Crippen LogP) is 4.90. The number of rotatable bonds is 5. The number of pyridine rings is 1. The highest BCUT2D eigenvalue weighted by Crippen LogP contribution is 2.26. The molecule has 0 atom stereocenters. The number of fused-ring (bicyclic) bond motifs is 1. The molecule has 0 bridgehead atoms. The minimum Gasteiger partial charge on any atom is -0.497 e. The van der Waals surface area contributed by atoms with Crippen molar-refractivity contribution in [2.45, 2.75) is 13.8 Å². The van der Waals surface area contributed by atoms with Gasteiger partial charge in [-0.15, -0.1) is 0 Å². The third kappa shape index (κ3) is 3.59. The van der Waals surface area contributed by atoms with Crippen molar-refractivity contribution in [1.29, 1.82) is 0 Å². The maximum Gasteiger partial charge on any atom is 0.340 e. The Kier molecular flexibility index (Phi) is 5.32. The molecular formula is C22H21NO3. The Bertz CT molecular complexity index is 959. The Morgan fingerprint density at radius 2 is 1.81 bits per heavy atom. The SMILES string of the molecule is CCOC(=O)c1c(C)nc2ccccc2c1/C=C/c1ccc(OC)cc1. The molecule has 0 aliphatic heterocycles. The van der Waals surface area contributed by atoms with E-state index < -0.39 is 0 Å². The van der Waals surface area contributed by atoms with Gasteiger partial charge in [-0.1, -0.05) is 42.5 Å². The zero-order valence-electron chi connectivity index (χ0n) is 15.2. The van der Waals surface area contributed by atoms with E-state index in [1.807, 2.05) is 67.6 Å². The molecule has 0 radical (unpaired) electrons. The first kappa shape index (κ1) is 17.7. The van der Waals surface area contributed by atoms with Crippen molar-refractivity contribution < 1.29 is 14.3 Å². The average Bonchev–Trinajstić information content (AvgIpc) is 2.66. The van der Waals surface area contributed by atoms with Gasteiger partial charge in [0.25, 0.3) is 0 Å². The molecule has 3 rings (SSSR count). The molecule has 4 nitrogen and oxygen atoms in total. The Hall–Kier alpha value is -3.14. The number of benzene rings is 2. The molecule has 2 aromatic carbocycles. The molecule has 4 heteroatoms. The van der Waals surface area contributed by atoms with Crippen LogP contribution in [0.15, 0.2) is 48.5 Å². The van der Waals surface area contributed by atoms with Crippen LogP contribution in [-0.4, -0.2) is 24.7 Å². The van der Waals surface area contributed by atoms with E-state index in [-0.39, 0.29) is 5.97 Å². The number of esters is 1. The van der Waals surface area contributed by atoms with Crippen LogP contribution in [0.4, 0.5) is 0 Å². The first-order valence-electron chi connectivity index (χ1n) is 8.52. The summed E-state index contributed by atoms with van der Waals surface area (Å²) >= 11 is 0. The number of hydrogen-bond acceptors (Lipinski definition) is 4. The van der Waals surface area contributed by atoms with E-state index >= 15 is 0 Å². The smallest absolute Gasteiger partial charge is 0.340 e. The molecule has 0 unspecified atom stereocenters. The van der Waals surface area contributed by atoms with Crippen LogP contribution in [0.1, 0.15) is 34.1 Å². The lowest BCUT2D eigenvalue weighted by Gasteiger charge is -2.12. The van der Waals surface area contributed by atoms with E-state index in [0.717, 1.165) is 27.8 Å². The van der Waals surface area contributed by atoms with Gasteiger partial charge in [0, 0.05) is 10.9 Å². The van der Waals surface area contributed by atoms with Crippen LogP contribution in [0, 0.1) is 6.92 Å². The van der Waals surface area contributed by atoms with Crippen molar-refractivity contribution in [2.24, 2.45) is 0 Å². The van der Waals surface area contributed by atoms with Crippen molar-refractivity contribution in [1.82, 2.24) is 4.98 Å². The van der Waals surface area contributed by atoms with Crippen LogP contribution >= 0.6 is 0 Å². The number of aromatic nitrogens is 1. The predicted molar refractivity (Wildman–Crippen MR) is 104 cm³/mol. The fourth-order valence-corrected chi connectivity index (χ4v) is 2.89. The first-order valence-corrected chi connectivity index (χ1v) is 8.52. The number of para-hydroxylation sites is 1. The van der Waals surface area contributed by atoms with Crippen molar-refractivity contribution in [3.63, 3.8) is 0 Å². The van der Waals surface area contributed by atoms with Gasteiger partial charge in [0.2, 0.25) is 0 Å². The molecule has 0 fully saturated rings. The van der Waals surface area contributed by atoms with E-state index in [9.17, 15) is 4.79 Å². The van der Waals surface area contributed by atoms with Crippen LogP contribution in [0.2, 0.25) is 0 Å². The molecule has 1 heterocycles. The Labute approximate surface area is 153 Å². The molecule has 1 aromatic heterocycles. The quantitative estimate of drug-likeness (QED) is 0.616. The normalized spacial score (nSPS) is 11.0. The van der Waals surface area contributed by atoms with Gasteiger partial charge in [-0.3, -0.25) is 4.98 Å². The number of hydrogen-bond donors (Lipinski definition) is 0.